The van der Waals surface area contributed by atoms with Crippen molar-refractivity contribution in [1.82, 2.24) is 4.90 Å². The summed E-state index contributed by atoms with van der Waals surface area (Å²) in [4.78, 5) is 40.5. The van der Waals surface area contributed by atoms with Crippen LogP contribution in [0.15, 0.2) is 52.4 Å². The summed E-state index contributed by atoms with van der Waals surface area (Å²) in [5, 5.41) is 27.8. The number of thioether (sulfide) groups is 1. The van der Waals surface area contributed by atoms with Crippen molar-refractivity contribution in [3.63, 3.8) is 0 Å². The molecule has 1 aliphatic heterocycles. The van der Waals surface area contributed by atoms with Gasteiger partial charge < -0.3 is 20.1 Å². The Morgan fingerprint density at radius 3 is 2.52 bits per heavy atom. The molecule has 9 nitrogen and oxygen atoms in total. The van der Waals surface area contributed by atoms with Gasteiger partial charge in [-0.1, -0.05) is 12.1 Å². The highest BCUT2D eigenvalue weighted by atomic mass is 32.2. The van der Waals surface area contributed by atoms with E-state index >= 15 is 0 Å². The number of likely N-dealkylation sites (N-methyl/N-ethyl adjacent to an activating group) is 1. The molecule has 3 N–H and O–H groups in total. The summed E-state index contributed by atoms with van der Waals surface area (Å²) in [6.07, 6.45) is 1.57. The van der Waals surface area contributed by atoms with Crippen LogP contribution in [0.1, 0.15) is 22.3 Å². The number of carbonyl (C=O) groups is 3. The Bertz CT molecular complexity index is 1090. The number of amides is 1. The molecule has 1 fully saturated rings. The van der Waals surface area contributed by atoms with Gasteiger partial charge in [0, 0.05) is 7.05 Å². The number of carboxylic acid groups (broad SMARTS) is 2. The summed E-state index contributed by atoms with van der Waals surface area (Å²) >= 11 is 1.10. The van der Waals surface area contributed by atoms with Gasteiger partial charge in [-0.3, -0.25) is 14.5 Å². The first-order chi connectivity index (χ1) is 14.7. The Kier molecular flexibility index (Phi) is 6.61. The number of hydrogen-bond acceptors (Lipinski definition) is 7. The Hall–Kier alpha value is -3.79. The molecule has 0 aliphatic carbocycles. The van der Waals surface area contributed by atoms with Gasteiger partial charge >= 0.3 is 11.9 Å². The predicted octanol–water partition coefficient (Wildman–Crippen LogP) is 3.18. The molecule has 0 aromatic heterocycles. The maximum Gasteiger partial charge on any atom is 0.338 e. The van der Waals surface area contributed by atoms with Crippen LogP contribution in [0.4, 0.5) is 5.69 Å². The molecule has 1 aliphatic rings. The number of aromatic carboxylic acids is 1. The molecule has 160 valence electrons. The maximum atomic E-state index is 12.6. The molecule has 3 rings (SSSR count). The van der Waals surface area contributed by atoms with Gasteiger partial charge in [0.05, 0.1) is 29.2 Å². The first-order valence-corrected chi connectivity index (χ1v) is 9.83. The van der Waals surface area contributed by atoms with Crippen molar-refractivity contribution in [3.05, 3.63) is 58.5 Å². The van der Waals surface area contributed by atoms with Crippen LogP contribution in [0.5, 0.6) is 11.5 Å². The summed E-state index contributed by atoms with van der Waals surface area (Å²) in [6, 6.07) is 10.6. The lowest BCUT2D eigenvalue weighted by atomic mass is 10.2. The van der Waals surface area contributed by atoms with Crippen molar-refractivity contribution in [3.8, 4) is 11.5 Å². The number of phenolic OH excluding ortho intramolecular Hbond substituents is 1. The summed E-state index contributed by atoms with van der Waals surface area (Å²) in [7, 11) is 1.54. The first kappa shape index (κ1) is 21.9. The van der Waals surface area contributed by atoms with E-state index in [0.29, 0.717) is 15.8 Å². The highest BCUT2D eigenvalue weighted by Gasteiger charge is 2.30. The summed E-state index contributed by atoms with van der Waals surface area (Å²) in [6.45, 7) is 0.0598. The van der Waals surface area contributed by atoms with E-state index in [0.717, 1.165) is 23.4 Å². The largest absolute Gasteiger partial charge is 0.508 e. The molecule has 1 heterocycles. The lowest BCUT2D eigenvalue weighted by molar-refractivity contribution is -0.137. The standard InChI is InChI=1S/C21H18N2O7S/c1-23-19(27)17(10-12-2-5-14(6-3-12)30-9-8-18(25)26)31-21(23)22-16-7-4-13(24)11-15(16)20(28)29/h2-7,10-11,24H,8-9H2,1H3,(H,25,26)(H,28,29)/b17-10-,22-21?. The highest BCUT2D eigenvalue weighted by molar-refractivity contribution is 8.18. The van der Waals surface area contributed by atoms with E-state index in [4.69, 9.17) is 9.84 Å². The number of benzene rings is 2. The monoisotopic (exact) mass is 442 g/mol. The number of ether oxygens (including phenoxy) is 1. The highest BCUT2D eigenvalue weighted by Crippen LogP contribution is 2.34. The van der Waals surface area contributed by atoms with Crippen LogP contribution in [0, 0.1) is 0 Å². The smallest absolute Gasteiger partial charge is 0.338 e. The Balaban J connectivity index is 1.79. The van der Waals surface area contributed by atoms with E-state index in [9.17, 15) is 24.6 Å². The lowest BCUT2D eigenvalue weighted by Gasteiger charge is -2.08. The number of carboxylic acids is 2. The number of carbonyl (C=O) groups excluding carboxylic acids is 1. The Morgan fingerprint density at radius 1 is 1.16 bits per heavy atom. The molecular formula is C21H18N2O7S. The molecule has 1 amide bonds. The molecule has 0 saturated carbocycles. The summed E-state index contributed by atoms with van der Waals surface area (Å²) in [5.74, 6) is -2.15. The normalized spacial score (nSPS) is 16.2. The predicted molar refractivity (Wildman–Crippen MR) is 115 cm³/mol. The minimum atomic E-state index is -1.24. The van der Waals surface area contributed by atoms with Crippen LogP contribution in [0.3, 0.4) is 0 Å². The van der Waals surface area contributed by atoms with Crippen molar-refractivity contribution in [2.24, 2.45) is 4.99 Å². The van der Waals surface area contributed by atoms with Crippen molar-refractivity contribution >= 4 is 46.5 Å². The Labute approximate surface area is 181 Å². The van der Waals surface area contributed by atoms with Gasteiger partial charge in [-0.25, -0.2) is 9.79 Å². The third kappa shape index (κ3) is 5.43. The van der Waals surface area contributed by atoms with Crippen molar-refractivity contribution in [2.75, 3.05) is 13.7 Å². The minimum Gasteiger partial charge on any atom is -0.508 e. The van der Waals surface area contributed by atoms with E-state index in [1.54, 1.807) is 30.3 Å². The zero-order valence-electron chi connectivity index (χ0n) is 16.3. The van der Waals surface area contributed by atoms with Gasteiger partial charge in [0.25, 0.3) is 5.91 Å². The molecule has 0 spiro atoms. The molecule has 2 aromatic rings. The molecule has 10 heteroatoms. The SMILES string of the molecule is CN1C(=O)/C(=C/c2ccc(OCCC(=O)O)cc2)SC1=Nc1ccc(O)cc1C(=O)O. The van der Waals surface area contributed by atoms with Crippen LogP contribution in [0.25, 0.3) is 6.08 Å². The molecule has 1 saturated heterocycles. The maximum absolute atomic E-state index is 12.6. The number of rotatable bonds is 7. The average molecular weight is 442 g/mol. The van der Waals surface area contributed by atoms with Gasteiger partial charge in [0.15, 0.2) is 5.17 Å². The quantitative estimate of drug-likeness (QED) is 0.556. The van der Waals surface area contributed by atoms with Crippen LogP contribution < -0.4 is 4.74 Å². The number of nitrogens with zero attached hydrogens (tertiary/aromatic N) is 2. The van der Waals surface area contributed by atoms with Gasteiger partial charge in [-0.15, -0.1) is 0 Å². The number of phenols is 1. The fourth-order valence-electron chi connectivity index (χ4n) is 2.62. The number of aromatic hydroxyl groups is 1. The lowest BCUT2D eigenvalue weighted by Crippen LogP contribution is -2.23. The van der Waals surface area contributed by atoms with Crippen molar-refractivity contribution in [2.45, 2.75) is 6.42 Å². The van der Waals surface area contributed by atoms with E-state index in [-0.39, 0.29) is 35.9 Å². The fourth-order valence-corrected chi connectivity index (χ4v) is 3.60. The zero-order valence-corrected chi connectivity index (χ0v) is 17.1. The molecule has 0 unspecified atom stereocenters. The average Bonchev–Trinajstić information content (AvgIpc) is 2.98. The van der Waals surface area contributed by atoms with Crippen molar-refractivity contribution in [1.29, 1.82) is 0 Å². The second kappa shape index (κ2) is 9.35. The van der Waals surface area contributed by atoms with E-state index in [2.05, 4.69) is 4.99 Å². The van der Waals surface area contributed by atoms with E-state index < -0.39 is 11.9 Å². The van der Waals surface area contributed by atoms with Crippen molar-refractivity contribution < 1.29 is 34.4 Å². The number of hydrogen-bond donors (Lipinski definition) is 3. The molecule has 0 bridgehead atoms. The second-order valence-electron chi connectivity index (χ2n) is 6.44. The van der Waals surface area contributed by atoms with Crippen LogP contribution in [-0.2, 0) is 9.59 Å². The van der Waals surface area contributed by atoms with Gasteiger partial charge in [0.2, 0.25) is 0 Å². The zero-order chi connectivity index (χ0) is 22.5. The summed E-state index contributed by atoms with van der Waals surface area (Å²) in [5.41, 5.74) is 0.674. The van der Waals surface area contributed by atoms with E-state index in [1.165, 1.54) is 24.1 Å². The molecule has 0 radical (unpaired) electrons. The number of aliphatic carboxylic acids is 1. The number of aliphatic imine (C=N–C) groups is 1. The third-order valence-corrected chi connectivity index (χ3v) is 5.25. The van der Waals surface area contributed by atoms with Gasteiger partial charge in [-0.05, 0) is 53.7 Å². The first-order valence-electron chi connectivity index (χ1n) is 9.02. The third-order valence-electron chi connectivity index (χ3n) is 4.19. The van der Waals surface area contributed by atoms with Crippen LogP contribution in [-0.4, -0.2) is 56.9 Å². The topological polar surface area (TPSA) is 137 Å². The Morgan fingerprint density at radius 2 is 1.87 bits per heavy atom. The van der Waals surface area contributed by atoms with E-state index in [1.807, 2.05) is 0 Å². The van der Waals surface area contributed by atoms with Crippen LogP contribution >= 0.6 is 11.8 Å². The summed E-state index contributed by atoms with van der Waals surface area (Å²) < 4.78 is 5.34. The fraction of sp³-hybridized carbons (Fsp3) is 0.143. The molecular weight excluding hydrogens is 424 g/mol. The molecule has 0 atom stereocenters. The molecule has 2 aromatic carbocycles. The van der Waals surface area contributed by atoms with Crippen LogP contribution in [0.2, 0.25) is 0 Å². The van der Waals surface area contributed by atoms with Gasteiger partial charge in [-0.2, -0.15) is 0 Å². The minimum absolute atomic E-state index is 0.0598. The number of amidine groups is 1. The molecule has 31 heavy (non-hydrogen) atoms. The second-order valence-corrected chi connectivity index (χ2v) is 7.45. The van der Waals surface area contributed by atoms with Gasteiger partial charge in [0.1, 0.15) is 11.5 Å².